The molecule has 1 atom stereocenters. The van der Waals surface area contributed by atoms with Crippen molar-refractivity contribution < 1.29 is 9.84 Å². The Balaban J connectivity index is 1.96. The van der Waals surface area contributed by atoms with Gasteiger partial charge in [0.05, 0.1) is 18.0 Å². The summed E-state index contributed by atoms with van der Waals surface area (Å²) in [5.41, 5.74) is 12.5. The number of nitrogen functional groups attached to an aromatic ring is 2. The molecule has 6 N–H and O–H groups in total. The lowest BCUT2D eigenvalue weighted by Crippen LogP contribution is -2.37. The van der Waals surface area contributed by atoms with Crippen molar-refractivity contribution in [3.8, 4) is 0 Å². The van der Waals surface area contributed by atoms with E-state index in [0.29, 0.717) is 37.6 Å². The van der Waals surface area contributed by atoms with E-state index in [1.54, 1.807) is 12.1 Å². The molecule has 88 valence electrons. The summed E-state index contributed by atoms with van der Waals surface area (Å²) in [5, 5.41) is 13.2. The Labute approximate surface area is 94.4 Å². The quantitative estimate of drug-likeness (QED) is 0.557. The normalized spacial score (nSPS) is 24.6. The van der Waals surface area contributed by atoms with Gasteiger partial charge in [0.1, 0.15) is 5.60 Å². The average molecular weight is 223 g/mol. The van der Waals surface area contributed by atoms with Crippen LogP contribution in [0.1, 0.15) is 6.42 Å². The van der Waals surface area contributed by atoms with Gasteiger partial charge in [0.25, 0.3) is 0 Å². The average Bonchev–Trinajstić information content (AvgIpc) is 2.68. The maximum Gasteiger partial charge on any atom is 0.107 e. The van der Waals surface area contributed by atoms with Crippen LogP contribution in [0, 0.1) is 0 Å². The molecule has 0 amide bonds. The SMILES string of the molecule is Nc1ccc(NCC2(O)CCOC2)cc1N. The molecule has 0 bridgehead atoms. The molecule has 1 saturated heterocycles. The molecule has 0 aliphatic carbocycles. The first-order valence-electron chi connectivity index (χ1n) is 5.28. The molecule has 1 aromatic carbocycles. The van der Waals surface area contributed by atoms with Gasteiger partial charge in [0.2, 0.25) is 0 Å². The van der Waals surface area contributed by atoms with Crippen LogP contribution in [-0.4, -0.2) is 30.5 Å². The van der Waals surface area contributed by atoms with Crippen molar-refractivity contribution in [1.29, 1.82) is 0 Å². The zero-order chi connectivity index (χ0) is 11.6. The van der Waals surface area contributed by atoms with Gasteiger partial charge in [0, 0.05) is 25.3 Å². The Morgan fingerprint density at radius 1 is 1.38 bits per heavy atom. The van der Waals surface area contributed by atoms with Crippen molar-refractivity contribution in [3.63, 3.8) is 0 Å². The van der Waals surface area contributed by atoms with E-state index in [9.17, 15) is 5.11 Å². The number of hydrogen-bond acceptors (Lipinski definition) is 5. The number of benzene rings is 1. The predicted molar refractivity (Wildman–Crippen MR) is 64.1 cm³/mol. The first-order chi connectivity index (χ1) is 7.59. The summed E-state index contributed by atoms with van der Waals surface area (Å²) in [6.45, 7) is 1.45. The molecular formula is C11H17N3O2. The first-order valence-corrected chi connectivity index (χ1v) is 5.28. The van der Waals surface area contributed by atoms with E-state index in [1.165, 1.54) is 0 Å². The van der Waals surface area contributed by atoms with Gasteiger partial charge in [-0.25, -0.2) is 0 Å². The molecule has 16 heavy (non-hydrogen) atoms. The van der Waals surface area contributed by atoms with Crippen LogP contribution >= 0.6 is 0 Å². The van der Waals surface area contributed by atoms with Crippen LogP contribution in [0.3, 0.4) is 0 Å². The van der Waals surface area contributed by atoms with Crippen LogP contribution < -0.4 is 16.8 Å². The molecule has 1 aliphatic rings. The summed E-state index contributed by atoms with van der Waals surface area (Å²) in [6, 6.07) is 5.34. The Morgan fingerprint density at radius 2 is 2.19 bits per heavy atom. The van der Waals surface area contributed by atoms with Crippen molar-refractivity contribution >= 4 is 17.1 Å². The monoisotopic (exact) mass is 223 g/mol. The maximum absolute atomic E-state index is 10.0. The fraction of sp³-hybridized carbons (Fsp3) is 0.455. The van der Waals surface area contributed by atoms with Crippen LogP contribution in [0.4, 0.5) is 17.1 Å². The number of aliphatic hydroxyl groups is 1. The number of rotatable bonds is 3. The van der Waals surface area contributed by atoms with Gasteiger partial charge in [-0.15, -0.1) is 0 Å². The molecule has 2 rings (SSSR count). The third-order valence-corrected chi connectivity index (χ3v) is 2.79. The standard InChI is InChI=1S/C11H17N3O2/c12-9-2-1-8(5-10(9)13)14-6-11(15)3-4-16-7-11/h1-2,5,14-15H,3-4,6-7,12-13H2. The van der Waals surface area contributed by atoms with Crippen molar-refractivity contribution in [2.45, 2.75) is 12.0 Å². The van der Waals surface area contributed by atoms with Gasteiger partial charge in [-0.3, -0.25) is 0 Å². The molecular weight excluding hydrogens is 206 g/mol. The van der Waals surface area contributed by atoms with Crippen LogP contribution in [0.25, 0.3) is 0 Å². The molecule has 1 aromatic rings. The van der Waals surface area contributed by atoms with E-state index in [1.807, 2.05) is 6.07 Å². The number of nitrogens with two attached hydrogens (primary N) is 2. The zero-order valence-electron chi connectivity index (χ0n) is 9.07. The van der Waals surface area contributed by atoms with E-state index in [2.05, 4.69) is 5.32 Å². The molecule has 0 aromatic heterocycles. The summed E-state index contributed by atoms with van der Waals surface area (Å²) >= 11 is 0. The largest absolute Gasteiger partial charge is 0.397 e. The van der Waals surface area contributed by atoms with Gasteiger partial charge in [0.15, 0.2) is 0 Å². The number of nitrogens with one attached hydrogen (secondary N) is 1. The van der Waals surface area contributed by atoms with Crippen LogP contribution in [0.2, 0.25) is 0 Å². The highest BCUT2D eigenvalue weighted by Crippen LogP contribution is 2.22. The van der Waals surface area contributed by atoms with Crippen molar-refractivity contribution in [3.05, 3.63) is 18.2 Å². The zero-order valence-corrected chi connectivity index (χ0v) is 9.07. The van der Waals surface area contributed by atoms with Crippen molar-refractivity contribution in [1.82, 2.24) is 0 Å². The van der Waals surface area contributed by atoms with Gasteiger partial charge < -0.3 is 26.6 Å². The smallest absolute Gasteiger partial charge is 0.107 e. The Bertz CT molecular complexity index is 375. The molecule has 0 saturated carbocycles. The Kier molecular flexibility index (Phi) is 2.89. The topological polar surface area (TPSA) is 93.5 Å². The minimum atomic E-state index is -0.768. The Morgan fingerprint density at radius 3 is 2.81 bits per heavy atom. The lowest BCUT2D eigenvalue weighted by Gasteiger charge is -2.21. The molecule has 1 heterocycles. The van der Waals surface area contributed by atoms with Gasteiger partial charge in [-0.1, -0.05) is 0 Å². The third-order valence-electron chi connectivity index (χ3n) is 2.79. The molecule has 0 radical (unpaired) electrons. The van der Waals surface area contributed by atoms with Gasteiger partial charge in [-0.05, 0) is 18.2 Å². The fourth-order valence-electron chi connectivity index (χ4n) is 1.69. The minimum Gasteiger partial charge on any atom is -0.397 e. The van der Waals surface area contributed by atoms with Crippen LogP contribution in [0.15, 0.2) is 18.2 Å². The lowest BCUT2D eigenvalue weighted by atomic mass is 10.0. The highest BCUT2D eigenvalue weighted by molar-refractivity contribution is 5.69. The van der Waals surface area contributed by atoms with E-state index in [-0.39, 0.29) is 0 Å². The van der Waals surface area contributed by atoms with Crippen LogP contribution in [0.5, 0.6) is 0 Å². The van der Waals surface area contributed by atoms with E-state index < -0.39 is 5.60 Å². The van der Waals surface area contributed by atoms with Gasteiger partial charge in [-0.2, -0.15) is 0 Å². The summed E-state index contributed by atoms with van der Waals surface area (Å²) in [6.07, 6.45) is 0.657. The summed E-state index contributed by atoms with van der Waals surface area (Å²) in [5.74, 6) is 0. The summed E-state index contributed by atoms with van der Waals surface area (Å²) in [4.78, 5) is 0. The molecule has 1 fully saturated rings. The van der Waals surface area contributed by atoms with Gasteiger partial charge >= 0.3 is 0 Å². The van der Waals surface area contributed by atoms with E-state index in [4.69, 9.17) is 16.2 Å². The first kappa shape index (κ1) is 11.0. The molecule has 5 nitrogen and oxygen atoms in total. The summed E-state index contributed by atoms with van der Waals surface area (Å²) in [7, 11) is 0. The lowest BCUT2D eigenvalue weighted by molar-refractivity contribution is 0.0382. The molecule has 5 heteroatoms. The highest BCUT2D eigenvalue weighted by atomic mass is 16.5. The number of hydrogen-bond donors (Lipinski definition) is 4. The Hall–Kier alpha value is -1.46. The second-order valence-corrected chi connectivity index (χ2v) is 4.22. The van der Waals surface area contributed by atoms with Crippen LogP contribution in [-0.2, 0) is 4.74 Å². The predicted octanol–water partition coefficient (Wildman–Crippen LogP) is 0.414. The highest BCUT2D eigenvalue weighted by Gasteiger charge is 2.31. The molecule has 1 unspecified atom stereocenters. The molecule has 0 spiro atoms. The van der Waals surface area contributed by atoms with E-state index >= 15 is 0 Å². The minimum absolute atomic E-state index is 0.379. The van der Waals surface area contributed by atoms with E-state index in [0.717, 1.165) is 5.69 Å². The number of anilines is 3. The third kappa shape index (κ3) is 2.37. The second kappa shape index (κ2) is 4.19. The fourth-order valence-corrected chi connectivity index (χ4v) is 1.69. The maximum atomic E-state index is 10.0. The number of ether oxygens (including phenoxy) is 1. The van der Waals surface area contributed by atoms with Crippen molar-refractivity contribution in [2.24, 2.45) is 0 Å². The van der Waals surface area contributed by atoms with Crippen molar-refractivity contribution in [2.75, 3.05) is 36.5 Å². The second-order valence-electron chi connectivity index (χ2n) is 4.22. The summed E-state index contributed by atoms with van der Waals surface area (Å²) < 4.78 is 5.16. The molecule has 1 aliphatic heterocycles.